The molecule has 5 rings (SSSR count). The Morgan fingerprint density at radius 1 is 0.605 bits per heavy atom. The van der Waals surface area contributed by atoms with Gasteiger partial charge in [0.1, 0.15) is 0 Å². The van der Waals surface area contributed by atoms with Crippen LogP contribution in [0, 0.1) is 35.8 Å². The number of carbonyl (C=O) groups excluding carboxylic acids is 2. The Bertz CT molecular complexity index is 1700. The number of benzene rings is 3. The van der Waals surface area contributed by atoms with E-state index in [0.29, 0.717) is 44.5 Å². The van der Waals surface area contributed by atoms with Crippen molar-refractivity contribution in [2.24, 2.45) is 0 Å². The van der Waals surface area contributed by atoms with Gasteiger partial charge in [0.05, 0.1) is 25.3 Å². The molecule has 0 radical (unpaired) electrons. The third-order valence-electron chi connectivity index (χ3n) is 6.38. The van der Waals surface area contributed by atoms with Crippen LogP contribution in [-0.4, -0.2) is 11.6 Å². The van der Waals surface area contributed by atoms with E-state index < -0.39 is 0 Å². The fraction of sp³-hybridized carbons (Fsp3) is 0. The van der Waals surface area contributed by atoms with Crippen molar-refractivity contribution in [3.05, 3.63) is 152 Å². The quantitative estimate of drug-likeness (QED) is 0.233. The maximum atomic E-state index is 13.1. The molecule has 0 unspecified atom stereocenters. The number of rotatable bonds is 2. The van der Waals surface area contributed by atoms with Gasteiger partial charge in [-0.05, 0) is 34.4 Å². The lowest BCUT2D eigenvalue weighted by Gasteiger charge is -2.04. The number of hydrogen-bond donors (Lipinski definition) is 0. The van der Waals surface area contributed by atoms with Crippen LogP contribution in [0.4, 0.5) is 0 Å². The summed E-state index contributed by atoms with van der Waals surface area (Å²) in [5.74, 6) is -0.518. The third kappa shape index (κ3) is 3.73. The fourth-order valence-electron chi connectivity index (χ4n) is 4.69. The second-order valence-electron chi connectivity index (χ2n) is 8.43. The van der Waals surface area contributed by atoms with E-state index in [0.717, 1.165) is 0 Å². The van der Waals surface area contributed by atoms with Gasteiger partial charge in [-0.2, -0.15) is 0 Å². The monoisotopic (exact) mass is 486 g/mol. The summed E-state index contributed by atoms with van der Waals surface area (Å²) >= 11 is 0. The summed E-state index contributed by atoms with van der Waals surface area (Å²) in [5, 5.41) is 19.0. The van der Waals surface area contributed by atoms with Crippen molar-refractivity contribution in [3.63, 3.8) is 0 Å². The molecule has 0 spiro atoms. The largest absolute Gasteiger partial charge is 0.289 e. The van der Waals surface area contributed by atoms with Crippen LogP contribution in [0.1, 0.15) is 43.0 Å². The van der Waals surface area contributed by atoms with Crippen LogP contribution in [0.15, 0.2) is 95.3 Å². The summed E-state index contributed by atoms with van der Waals surface area (Å²) in [4.78, 5) is 32.9. The van der Waals surface area contributed by atoms with Gasteiger partial charge < -0.3 is 0 Å². The zero-order chi connectivity index (χ0) is 26.8. The maximum absolute atomic E-state index is 13.1. The minimum atomic E-state index is -0.259. The van der Waals surface area contributed by atoms with Gasteiger partial charge in [0.2, 0.25) is 0 Å². The van der Waals surface area contributed by atoms with E-state index in [1.54, 1.807) is 84.9 Å². The molecule has 0 bridgehead atoms. The lowest BCUT2D eigenvalue weighted by molar-refractivity contribution is 0.103. The summed E-state index contributed by atoms with van der Waals surface area (Å²) in [6.45, 7) is 14.8. The molecule has 0 amide bonds. The molecule has 0 atom stereocenters. The highest BCUT2D eigenvalue weighted by molar-refractivity contribution is 6.30. The van der Waals surface area contributed by atoms with Gasteiger partial charge in [0, 0.05) is 33.4 Å². The number of carbonyl (C=O) groups is 2. The Morgan fingerprint density at radius 3 is 1.26 bits per heavy atom. The number of Topliss-reactive ketones (excluding diaryl/α,β-unsaturated/α-hetero) is 2. The number of nitrogens with zero attached hydrogens (tertiary/aromatic N) is 4. The van der Waals surface area contributed by atoms with Gasteiger partial charge in [0.25, 0.3) is 11.4 Å². The molecule has 174 valence electrons. The van der Waals surface area contributed by atoms with Gasteiger partial charge in [0.15, 0.2) is 11.6 Å². The predicted octanol–water partition coefficient (Wildman–Crippen LogP) is 6.55. The number of ketones is 2. The molecule has 0 heterocycles. The van der Waals surface area contributed by atoms with E-state index in [-0.39, 0.29) is 34.1 Å². The van der Waals surface area contributed by atoms with Gasteiger partial charge in [-0.15, -0.1) is 0 Å². The topological polar surface area (TPSA) is 90.4 Å². The molecule has 0 saturated heterocycles. The minimum absolute atomic E-state index is 0.150. The van der Waals surface area contributed by atoms with E-state index in [1.807, 2.05) is 12.1 Å². The van der Waals surface area contributed by atoms with Crippen LogP contribution in [0.25, 0.3) is 33.0 Å². The summed E-state index contributed by atoms with van der Waals surface area (Å²) in [7, 11) is 0. The number of allylic oxidation sites excluding steroid dienone is 6. The average Bonchev–Trinajstić information content (AvgIpc) is 3.38. The van der Waals surface area contributed by atoms with E-state index in [9.17, 15) is 20.1 Å². The highest BCUT2D eigenvalue weighted by atomic mass is 16.1. The molecule has 0 saturated carbocycles. The molecule has 38 heavy (non-hydrogen) atoms. The third-order valence-corrected chi connectivity index (χ3v) is 6.38. The first-order chi connectivity index (χ1) is 18.5. The Balaban J connectivity index is 1.57. The van der Waals surface area contributed by atoms with Crippen LogP contribution in [0.2, 0.25) is 0 Å². The van der Waals surface area contributed by atoms with Gasteiger partial charge in [-0.1, -0.05) is 72.8 Å². The molecule has 0 aromatic heterocycles. The Hall–Kier alpha value is -6.08. The van der Waals surface area contributed by atoms with E-state index in [4.69, 9.17) is 13.1 Å². The maximum Gasteiger partial charge on any atom is 0.270 e. The van der Waals surface area contributed by atoms with Crippen LogP contribution in [0.3, 0.4) is 0 Å². The van der Waals surface area contributed by atoms with Crippen LogP contribution in [0.5, 0.6) is 0 Å². The number of hydrogen-bond acceptors (Lipinski definition) is 4. The minimum Gasteiger partial charge on any atom is -0.289 e. The highest BCUT2D eigenvalue weighted by Crippen LogP contribution is 2.41. The predicted molar refractivity (Wildman–Crippen MR) is 142 cm³/mol. The lowest BCUT2D eigenvalue weighted by atomic mass is 9.98. The lowest BCUT2D eigenvalue weighted by Crippen LogP contribution is -1.96. The second-order valence-corrected chi connectivity index (χ2v) is 8.43. The first-order valence-corrected chi connectivity index (χ1v) is 11.4. The van der Waals surface area contributed by atoms with Gasteiger partial charge >= 0.3 is 0 Å². The Kier molecular flexibility index (Phi) is 5.93. The first-order valence-electron chi connectivity index (χ1n) is 11.4. The second kappa shape index (κ2) is 9.52. The normalized spacial score (nSPS) is 18.2. The van der Waals surface area contributed by atoms with Crippen LogP contribution < -0.4 is 0 Å². The van der Waals surface area contributed by atoms with Crippen LogP contribution >= 0.6 is 0 Å². The molecular weight excluding hydrogens is 472 g/mol. The molecule has 6 heteroatoms. The van der Waals surface area contributed by atoms with Gasteiger partial charge in [-0.25, -0.2) is 20.2 Å². The number of nitriles is 2. The summed E-state index contributed by atoms with van der Waals surface area (Å²) in [5.41, 5.74) is 4.22. The van der Waals surface area contributed by atoms with Gasteiger partial charge in [-0.3, -0.25) is 9.59 Å². The van der Waals surface area contributed by atoms with Crippen molar-refractivity contribution in [1.29, 1.82) is 10.5 Å². The van der Waals surface area contributed by atoms with E-state index >= 15 is 0 Å². The molecule has 6 nitrogen and oxygen atoms in total. The summed E-state index contributed by atoms with van der Waals surface area (Å²) < 4.78 is 0. The standard InChI is InChI=1S/C32H14N4O2/c1-35-27(17-33)29-21-7-3-5-9-23(21)31(37)25(29)15-19-11-13-20(14-12-19)16-26-30(28(18-34)36-2)22-8-4-6-10-24(22)32(26)38/h3-16H/b25-15-,26-16-,29-27-,30-28+. The molecule has 0 fully saturated rings. The highest BCUT2D eigenvalue weighted by Gasteiger charge is 2.33. The average molecular weight is 486 g/mol. The van der Waals surface area contributed by atoms with Crippen molar-refractivity contribution in [2.75, 3.05) is 0 Å². The zero-order valence-corrected chi connectivity index (χ0v) is 19.7. The summed E-state index contributed by atoms with van der Waals surface area (Å²) in [6, 6.07) is 24.6. The molecule has 2 aliphatic rings. The molecule has 0 N–H and O–H groups in total. The van der Waals surface area contributed by atoms with Crippen molar-refractivity contribution >= 4 is 34.9 Å². The Labute approximate surface area is 218 Å². The van der Waals surface area contributed by atoms with Crippen molar-refractivity contribution in [2.45, 2.75) is 0 Å². The summed E-state index contributed by atoms with van der Waals surface area (Å²) in [6.07, 6.45) is 3.29. The SMILES string of the molecule is [C-]#[N+]/C(C#N)=C1\C(=C\c2ccc(/C=C3\C(=O)c4ccccc4\C3=C(\C#N)[N+]#[C-])cc2)C(=O)c2ccccc21. The molecule has 2 aliphatic carbocycles. The molecular formula is C32H14N4O2. The number of fused-ring (bicyclic) bond motifs is 2. The fourth-order valence-corrected chi connectivity index (χ4v) is 4.69. The smallest absolute Gasteiger partial charge is 0.270 e. The van der Waals surface area contributed by atoms with E-state index in [2.05, 4.69) is 9.69 Å². The molecule has 3 aromatic carbocycles. The Morgan fingerprint density at radius 2 is 0.947 bits per heavy atom. The first kappa shape index (κ1) is 23.7. The molecule has 3 aromatic rings. The van der Waals surface area contributed by atoms with Crippen LogP contribution in [-0.2, 0) is 0 Å². The van der Waals surface area contributed by atoms with Crippen molar-refractivity contribution < 1.29 is 9.59 Å². The van der Waals surface area contributed by atoms with Crippen molar-refractivity contribution in [1.82, 2.24) is 0 Å². The molecule has 0 aliphatic heterocycles. The zero-order valence-electron chi connectivity index (χ0n) is 19.7. The van der Waals surface area contributed by atoms with Crippen molar-refractivity contribution in [3.8, 4) is 12.1 Å². The van der Waals surface area contributed by atoms with E-state index in [1.165, 1.54) is 0 Å².